The summed E-state index contributed by atoms with van der Waals surface area (Å²) in [5, 5.41) is 6.29. The van der Waals surface area contributed by atoms with Gasteiger partial charge in [-0.25, -0.2) is 4.98 Å². The van der Waals surface area contributed by atoms with Crippen LogP contribution in [0.5, 0.6) is 0 Å². The molecule has 1 fully saturated rings. The van der Waals surface area contributed by atoms with Crippen molar-refractivity contribution in [1.29, 1.82) is 0 Å². The Labute approximate surface area is 112 Å². The summed E-state index contributed by atoms with van der Waals surface area (Å²) < 4.78 is 0. The van der Waals surface area contributed by atoms with E-state index in [4.69, 9.17) is 0 Å². The molecule has 0 bridgehead atoms. The lowest BCUT2D eigenvalue weighted by Gasteiger charge is -2.31. The predicted molar refractivity (Wildman–Crippen MR) is 78.0 cm³/mol. The van der Waals surface area contributed by atoms with E-state index in [9.17, 15) is 0 Å². The van der Waals surface area contributed by atoms with Gasteiger partial charge >= 0.3 is 0 Å². The predicted octanol–water partition coefficient (Wildman–Crippen LogP) is 2.76. The van der Waals surface area contributed by atoms with E-state index in [1.165, 1.54) is 37.4 Å². The molecule has 1 aliphatic heterocycles. The lowest BCUT2D eigenvalue weighted by atomic mass is 9.99. The SMILES string of the molecule is CNc1nc(CN2CCC(CSC)CC2)cs1. The molecule has 1 aromatic heterocycles. The maximum atomic E-state index is 4.54. The fraction of sp³-hybridized carbons (Fsp3) is 0.750. The number of likely N-dealkylation sites (tertiary alicyclic amines) is 1. The maximum absolute atomic E-state index is 4.54. The number of rotatable bonds is 5. The average molecular weight is 271 g/mol. The lowest BCUT2D eigenvalue weighted by Crippen LogP contribution is -2.34. The van der Waals surface area contributed by atoms with Crippen molar-refractivity contribution >= 4 is 28.2 Å². The summed E-state index contributed by atoms with van der Waals surface area (Å²) in [6, 6.07) is 0. The smallest absolute Gasteiger partial charge is 0.182 e. The second-order valence-electron chi connectivity index (χ2n) is 4.57. The first-order valence-electron chi connectivity index (χ1n) is 6.15. The third kappa shape index (κ3) is 3.86. The molecule has 1 saturated heterocycles. The third-order valence-electron chi connectivity index (χ3n) is 3.26. The van der Waals surface area contributed by atoms with Gasteiger partial charge in [-0.05, 0) is 43.9 Å². The molecule has 0 aliphatic carbocycles. The Morgan fingerprint density at radius 1 is 1.53 bits per heavy atom. The second-order valence-corrected chi connectivity index (χ2v) is 6.34. The molecule has 0 saturated carbocycles. The van der Waals surface area contributed by atoms with E-state index in [2.05, 4.69) is 26.8 Å². The molecule has 1 N–H and O–H groups in total. The summed E-state index contributed by atoms with van der Waals surface area (Å²) in [4.78, 5) is 7.07. The molecule has 0 spiro atoms. The highest BCUT2D eigenvalue weighted by Crippen LogP contribution is 2.22. The lowest BCUT2D eigenvalue weighted by molar-refractivity contribution is 0.185. The molecule has 1 aliphatic rings. The Bertz CT molecular complexity index is 332. The maximum Gasteiger partial charge on any atom is 0.182 e. The van der Waals surface area contributed by atoms with Crippen molar-refractivity contribution in [3.8, 4) is 0 Å². The fourth-order valence-corrected chi connectivity index (χ4v) is 3.74. The van der Waals surface area contributed by atoms with E-state index in [0.29, 0.717) is 0 Å². The average Bonchev–Trinajstić information content (AvgIpc) is 2.80. The summed E-state index contributed by atoms with van der Waals surface area (Å²) in [6.45, 7) is 3.49. The Morgan fingerprint density at radius 2 is 2.29 bits per heavy atom. The molecule has 2 rings (SSSR count). The second kappa shape index (κ2) is 6.61. The third-order valence-corrected chi connectivity index (χ3v) is 4.97. The van der Waals surface area contributed by atoms with Crippen molar-refractivity contribution in [1.82, 2.24) is 9.88 Å². The van der Waals surface area contributed by atoms with Crippen LogP contribution in [-0.4, -0.2) is 42.0 Å². The van der Waals surface area contributed by atoms with E-state index in [1.54, 1.807) is 11.3 Å². The van der Waals surface area contributed by atoms with Crippen LogP contribution >= 0.6 is 23.1 Å². The minimum atomic E-state index is 0.935. The number of thioether (sulfide) groups is 1. The summed E-state index contributed by atoms with van der Waals surface area (Å²) in [6.07, 6.45) is 4.91. The number of anilines is 1. The first-order valence-corrected chi connectivity index (χ1v) is 8.42. The van der Waals surface area contributed by atoms with Crippen LogP contribution < -0.4 is 5.32 Å². The van der Waals surface area contributed by atoms with Crippen LogP contribution in [0.4, 0.5) is 5.13 Å². The first kappa shape index (κ1) is 13.2. The Hall–Kier alpha value is -0.260. The largest absolute Gasteiger partial charge is 0.365 e. The van der Waals surface area contributed by atoms with Crippen molar-refractivity contribution < 1.29 is 0 Å². The van der Waals surface area contributed by atoms with E-state index >= 15 is 0 Å². The molecule has 17 heavy (non-hydrogen) atoms. The molecule has 3 nitrogen and oxygen atoms in total. The zero-order valence-corrected chi connectivity index (χ0v) is 12.2. The van der Waals surface area contributed by atoms with Crippen LogP contribution in [-0.2, 0) is 6.54 Å². The van der Waals surface area contributed by atoms with Gasteiger partial charge in [0.1, 0.15) is 0 Å². The number of nitrogens with zero attached hydrogens (tertiary/aromatic N) is 2. The highest BCUT2D eigenvalue weighted by molar-refractivity contribution is 7.98. The van der Waals surface area contributed by atoms with Crippen molar-refractivity contribution in [3.63, 3.8) is 0 Å². The minimum Gasteiger partial charge on any atom is -0.365 e. The van der Waals surface area contributed by atoms with Crippen LogP contribution in [0, 0.1) is 5.92 Å². The van der Waals surface area contributed by atoms with E-state index in [0.717, 1.165) is 17.6 Å². The van der Waals surface area contributed by atoms with Crippen molar-refractivity contribution in [3.05, 3.63) is 11.1 Å². The highest BCUT2D eigenvalue weighted by Gasteiger charge is 2.19. The zero-order chi connectivity index (χ0) is 12.1. The van der Waals surface area contributed by atoms with Crippen molar-refractivity contribution in [2.45, 2.75) is 19.4 Å². The molecule has 5 heteroatoms. The van der Waals surface area contributed by atoms with E-state index in [-0.39, 0.29) is 0 Å². The summed E-state index contributed by atoms with van der Waals surface area (Å²) in [7, 11) is 1.93. The topological polar surface area (TPSA) is 28.2 Å². The first-order chi connectivity index (χ1) is 8.31. The molecule has 0 atom stereocenters. The fourth-order valence-electron chi connectivity index (χ4n) is 2.27. The van der Waals surface area contributed by atoms with Crippen LogP contribution in [0.2, 0.25) is 0 Å². The van der Waals surface area contributed by atoms with Crippen LogP contribution in [0.15, 0.2) is 5.38 Å². The molecule has 0 unspecified atom stereocenters. The molecule has 2 heterocycles. The van der Waals surface area contributed by atoms with Gasteiger partial charge in [-0.15, -0.1) is 11.3 Å². The minimum absolute atomic E-state index is 0.935. The molecule has 0 radical (unpaired) electrons. The van der Waals surface area contributed by atoms with Gasteiger partial charge in [-0.3, -0.25) is 4.90 Å². The monoisotopic (exact) mass is 271 g/mol. The van der Waals surface area contributed by atoms with Crippen molar-refractivity contribution in [2.24, 2.45) is 5.92 Å². The molecular formula is C12H21N3S2. The van der Waals surface area contributed by atoms with Gasteiger partial charge in [0.2, 0.25) is 0 Å². The van der Waals surface area contributed by atoms with Crippen LogP contribution in [0.25, 0.3) is 0 Å². The van der Waals surface area contributed by atoms with Crippen molar-refractivity contribution in [2.75, 3.05) is 37.5 Å². The number of piperidine rings is 1. The molecule has 0 amide bonds. The zero-order valence-electron chi connectivity index (χ0n) is 10.6. The molecular weight excluding hydrogens is 250 g/mol. The van der Waals surface area contributed by atoms with E-state index in [1.807, 2.05) is 18.8 Å². The van der Waals surface area contributed by atoms with Crippen LogP contribution in [0.1, 0.15) is 18.5 Å². The summed E-state index contributed by atoms with van der Waals surface area (Å²) in [5.41, 5.74) is 1.21. The van der Waals surface area contributed by atoms with Gasteiger partial charge in [-0.2, -0.15) is 11.8 Å². The standard InChI is InChI=1S/C12H21N3S2/c1-13-12-14-11(9-17-12)7-15-5-3-10(4-6-15)8-16-2/h9-10H,3-8H2,1-2H3,(H,13,14). The molecule has 1 aromatic rings. The highest BCUT2D eigenvalue weighted by atomic mass is 32.2. The number of thiazole rings is 1. The quantitative estimate of drug-likeness (QED) is 0.891. The van der Waals surface area contributed by atoms with Gasteiger partial charge < -0.3 is 5.32 Å². The number of nitrogens with one attached hydrogen (secondary N) is 1. The van der Waals surface area contributed by atoms with Crippen LogP contribution in [0.3, 0.4) is 0 Å². The Kier molecular flexibility index (Phi) is 5.13. The van der Waals surface area contributed by atoms with Gasteiger partial charge in [0.15, 0.2) is 5.13 Å². The van der Waals surface area contributed by atoms with E-state index < -0.39 is 0 Å². The van der Waals surface area contributed by atoms with Gasteiger partial charge in [0.05, 0.1) is 5.69 Å². The Balaban J connectivity index is 1.77. The van der Waals surface area contributed by atoms with Gasteiger partial charge in [0.25, 0.3) is 0 Å². The van der Waals surface area contributed by atoms with Gasteiger partial charge in [-0.1, -0.05) is 0 Å². The normalized spacial score (nSPS) is 18.5. The van der Waals surface area contributed by atoms with Gasteiger partial charge in [0, 0.05) is 19.0 Å². The summed E-state index contributed by atoms with van der Waals surface area (Å²) >= 11 is 3.68. The number of hydrogen-bond acceptors (Lipinski definition) is 5. The summed E-state index contributed by atoms with van der Waals surface area (Å²) in [5.74, 6) is 2.26. The number of hydrogen-bond donors (Lipinski definition) is 1. The molecule has 96 valence electrons. The Morgan fingerprint density at radius 3 is 2.88 bits per heavy atom. The molecule has 0 aromatic carbocycles. The number of aromatic nitrogens is 1.